The van der Waals surface area contributed by atoms with Crippen molar-refractivity contribution < 1.29 is 8.42 Å². The minimum absolute atomic E-state index is 0.230. The molecule has 1 fully saturated rings. The van der Waals surface area contributed by atoms with Crippen LogP contribution < -0.4 is 21.3 Å². The maximum Gasteiger partial charge on any atom is 0.330 e. The van der Waals surface area contributed by atoms with Crippen LogP contribution in [0.2, 0.25) is 0 Å². The Balaban J connectivity index is 2.46. The summed E-state index contributed by atoms with van der Waals surface area (Å²) in [4.78, 5) is 23.0. The lowest BCUT2D eigenvalue weighted by molar-refractivity contribution is 0.552. The zero-order valence-electron chi connectivity index (χ0n) is 10.7. The van der Waals surface area contributed by atoms with Crippen LogP contribution in [0.3, 0.4) is 0 Å². The Morgan fingerprint density at radius 2 is 2.05 bits per heavy atom. The molecular weight excluding hydrogens is 272 g/mol. The Bertz CT molecular complexity index is 697. The minimum atomic E-state index is -3.92. The number of sulfonamides is 1. The second-order valence-corrected chi connectivity index (χ2v) is 6.24. The van der Waals surface area contributed by atoms with Gasteiger partial charge in [0.25, 0.3) is 5.56 Å². The van der Waals surface area contributed by atoms with Crippen molar-refractivity contribution >= 4 is 10.0 Å². The Hall–Kier alpha value is -1.45. The zero-order valence-corrected chi connectivity index (χ0v) is 11.5. The average Bonchev–Trinajstić information content (AvgIpc) is 2.83. The third-order valence-corrected chi connectivity index (χ3v) is 4.59. The number of nitrogens with one attached hydrogen (secondary N) is 2. The van der Waals surface area contributed by atoms with E-state index in [2.05, 4.69) is 10.0 Å². The molecule has 0 aromatic carbocycles. The van der Waals surface area contributed by atoms with E-state index in [1.54, 1.807) is 0 Å². The Morgan fingerprint density at radius 1 is 1.37 bits per heavy atom. The van der Waals surface area contributed by atoms with Crippen LogP contribution in [0.4, 0.5) is 0 Å². The summed E-state index contributed by atoms with van der Waals surface area (Å²) in [5.74, 6) is 0. The summed E-state index contributed by atoms with van der Waals surface area (Å²) in [6.07, 6.45) is 1.72. The van der Waals surface area contributed by atoms with Gasteiger partial charge in [-0.05, 0) is 13.0 Å². The Morgan fingerprint density at radius 3 is 2.63 bits per heavy atom. The zero-order chi connectivity index (χ0) is 14.2. The lowest BCUT2D eigenvalue weighted by Gasteiger charge is -2.12. The van der Waals surface area contributed by atoms with Crippen LogP contribution in [0.25, 0.3) is 0 Å². The summed E-state index contributed by atoms with van der Waals surface area (Å²) < 4.78 is 28.6. The fraction of sp³-hybridized carbons (Fsp3) is 0.600. The van der Waals surface area contributed by atoms with E-state index in [0.717, 1.165) is 21.9 Å². The third-order valence-electron chi connectivity index (χ3n) is 3.09. The van der Waals surface area contributed by atoms with Crippen molar-refractivity contribution in [3.8, 4) is 0 Å². The van der Waals surface area contributed by atoms with Crippen molar-refractivity contribution in [1.82, 2.24) is 19.2 Å². The SMILES string of the molecule is Cn1cc(S(=O)(=O)N[C@@H]2CCNC2)c(=O)n(C)c1=O. The van der Waals surface area contributed by atoms with E-state index in [-0.39, 0.29) is 6.04 Å². The molecule has 0 spiro atoms. The van der Waals surface area contributed by atoms with Gasteiger partial charge >= 0.3 is 5.69 Å². The van der Waals surface area contributed by atoms with Crippen molar-refractivity contribution in [2.45, 2.75) is 17.4 Å². The third kappa shape index (κ3) is 2.62. The second-order valence-electron chi connectivity index (χ2n) is 4.56. The molecule has 0 radical (unpaired) electrons. The second kappa shape index (κ2) is 4.91. The van der Waals surface area contributed by atoms with Crippen molar-refractivity contribution in [3.63, 3.8) is 0 Å². The number of nitrogens with zero attached hydrogens (tertiary/aromatic N) is 2. The molecule has 0 bridgehead atoms. The lowest BCUT2D eigenvalue weighted by Crippen LogP contribution is -2.44. The predicted molar refractivity (Wildman–Crippen MR) is 68.5 cm³/mol. The van der Waals surface area contributed by atoms with Crippen LogP contribution in [-0.4, -0.2) is 36.7 Å². The van der Waals surface area contributed by atoms with E-state index in [1.807, 2.05) is 0 Å². The lowest BCUT2D eigenvalue weighted by atomic mass is 10.3. The van der Waals surface area contributed by atoms with Crippen LogP contribution in [-0.2, 0) is 24.1 Å². The molecule has 2 rings (SSSR count). The van der Waals surface area contributed by atoms with Gasteiger partial charge in [0.1, 0.15) is 0 Å². The fourth-order valence-corrected chi connectivity index (χ4v) is 3.43. The van der Waals surface area contributed by atoms with Crippen LogP contribution in [0, 0.1) is 0 Å². The van der Waals surface area contributed by atoms with E-state index in [9.17, 15) is 18.0 Å². The maximum atomic E-state index is 12.2. The highest BCUT2D eigenvalue weighted by atomic mass is 32.2. The molecular formula is C10H16N4O4S. The summed E-state index contributed by atoms with van der Waals surface area (Å²) in [5, 5.41) is 3.03. The standard InChI is InChI=1S/C10H16N4O4S/c1-13-6-8(9(15)14(2)10(13)16)19(17,18)12-7-3-4-11-5-7/h6-7,11-12H,3-5H2,1-2H3/t7-/m1/s1. The number of aromatic nitrogens is 2. The molecule has 2 N–H and O–H groups in total. The molecule has 1 aromatic rings. The summed E-state index contributed by atoms with van der Waals surface area (Å²) in [6.45, 7) is 1.27. The van der Waals surface area contributed by atoms with Crippen LogP contribution in [0.5, 0.6) is 0 Å². The van der Waals surface area contributed by atoms with Gasteiger partial charge in [0, 0.05) is 32.9 Å². The monoisotopic (exact) mass is 288 g/mol. The molecule has 0 unspecified atom stereocenters. The van der Waals surface area contributed by atoms with Gasteiger partial charge in [-0.25, -0.2) is 17.9 Å². The maximum absolute atomic E-state index is 12.2. The fourth-order valence-electron chi connectivity index (χ4n) is 2.00. The summed E-state index contributed by atoms with van der Waals surface area (Å²) in [7, 11) is -1.27. The first-order valence-corrected chi connectivity index (χ1v) is 7.31. The first kappa shape index (κ1) is 14.0. The molecule has 1 aromatic heterocycles. The van der Waals surface area contributed by atoms with Gasteiger partial charge in [-0.1, -0.05) is 0 Å². The molecule has 2 heterocycles. The number of hydrogen-bond acceptors (Lipinski definition) is 5. The van der Waals surface area contributed by atoms with Crippen LogP contribution in [0.15, 0.2) is 20.7 Å². The van der Waals surface area contributed by atoms with E-state index in [1.165, 1.54) is 14.1 Å². The van der Waals surface area contributed by atoms with Gasteiger partial charge < -0.3 is 9.88 Å². The summed E-state index contributed by atoms with van der Waals surface area (Å²) in [5.41, 5.74) is -1.38. The minimum Gasteiger partial charge on any atom is -0.315 e. The van der Waals surface area contributed by atoms with E-state index in [4.69, 9.17) is 0 Å². The van der Waals surface area contributed by atoms with Crippen molar-refractivity contribution in [2.24, 2.45) is 14.1 Å². The smallest absolute Gasteiger partial charge is 0.315 e. The molecule has 19 heavy (non-hydrogen) atoms. The Kier molecular flexibility index (Phi) is 3.61. The molecule has 1 atom stereocenters. The van der Waals surface area contributed by atoms with Gasteiger partial charge in [0.15, 0.2) is 4.90 Å². The van der Waals surface area contributed by atoms with Gasteiger partial charge in [-0.15, -0.1) is 0 Å². The van der Waals surface area contributed by atoms with Gasteiger partial charge in [0.05, 0.1) is 0 Å². The molecule has 0 saturated carbocycles. The van der Waals surface area contributed by atoms with E-state index < -0.39 is 26.2 Å². The molecule has 0 amide bonds. The van der Waals surface area contributed by atoms with Gasteiger partial charge in [0.2, 0.25) is 10.0 Å². The highest BCUT2D eigenvalue weighted by molar-refractivity contribution is 7.89. The van der Waals surface area contributed by atoms with Crippen LogP contribution in [0.1, 0.15) is 6.42 Å². The summed E-state index contributed by atoms with van der Waals surface area (Å²) in [6, 6.07) is -0.230. The topological polar surface area (TPSA) is 102 Å². The van der Waals surface area contributed by atoms with Gasteiger partial charge in [-0.2, -0.15) is 0 Å². The number of aryl methyl sites for hydroxylation is 1. The predicted octanol–water partition coefficient (Wildman–Crippen LogP) is -2.28. The first-order chi connectivity index (χ1) is 8.83. The molecule has 9 heteroatoms. The van der Waals surface area contributed by atoms with Crippen molar-refractivity contribution in [1.29, 1.82) is 0 Å². The quantitative estimate of drug-likeness (QED) is 0.652. The molecule has 1 saturated heterocycles. The van der Waals surface area contributed by atoms with Crippen molar-refractivity contribution in [2.75, 3.05) is 13.1 Å². The average molecular weight is 288 g/mol. The largest absolute Gasteiger partial charge is 0.330 e. The highest BCUT2D eigenvalue weighted by Crippen LogP contribution is 2.05. The van der Waals surface area contributed by atoms with E-state index >= 15 is 0 Å². The Labute approximate surface area is 110 Å². The summed E-state index contributed by atoms with van der Waals surface area (Å²) >= 11 is 0. The molecule has 0 aliphatic carbocycles. The normalized spacial score (nSPS) is 19.8. The molecule has 106 valence electrons. The van der Waals surface area contributed by atoms with Gasteiger partial charge in [-0.3, -0.25) is 9.36 Å². The van der Waals surface area contributed by atoms with Crippen LogP contribution >= 0.6 is 0 Å². The highest BCUT2D eigenvalue weighted by Gasteiger charge is 2.26. The number of hydrogen-bond donors (Lipinski definition) is 2. The van der Waals surface area contributed by atoms with E-state index in [0.29, 0.717) is 13.0 Å². The molecule has 1 aliphatic heterocycles. The molecule has 8 nitrogen and oxygen atoms in total. The van der Waals surface area contributed by atoms with Crippen molar-refractivity contribution in [3.05, 3.63) is 27.0 Å². The number of rotatable bonds is 3. The molecule has 1 aliphatic rings. The first-order valence-electron chi connectivity index (χ1n) is 5.82.